The van der Waals surface area contributed by atoms with E-state index in [0.717, 1.165) is 13.0 Å². The zero-order chi connectivity index (χ0) is 13.8. The van der Waals surface area contributed by atoms with E-state index in [1.807, 2.05) is 17.9 Å². The molecule has 0 aliphatic heterocycles. The summed E-state index contributed by atoms with van der Waals surface area (Å²) in [4.78, 5) is 0. The molecule has 0 aromatic carbocycles. The Balaban J connectivity index is 2.63. The summed E-state index contributed by atoms with van der Waals surface area (Å²) in [5.41, 5.74) is 1.57. The van der Waals surface area contributed by atoms with Crippen LogP contribution in [-0.2, 0) is 7.05 Å². The SMILES string of the molecule is CCNC(CC(C)CC(C)(C)C)c1ccn(C)n1. The Hall–Kier alpha value is -0.830. The smallest absolute Gasteiger partial charge is 0.0793 e. The van der Waals surface area contributed by atoms with Crippen LogP contribution >= 0.6 is 0 Å². The van der Waals surface area contributed by atoms with E-state index in [-0.39, 0.29) is 0 Å². The minimum absolute atomic E-state index is 0.383. The minimum atomic E-state index is 0.383. The maximum Gasteiger partial charge on any atom is 0.0793 e. The van der Waals surface area contributed by atoms with Gasteiger partial charge in [-0.2, -0.15) is 5.10 Å². The molecular weight excluding hydrogens is 222 g/mol. The maximum absolute atomic E-state index is 4.53. The number of hydrogen-bond acceptors (Lipinski definition) is 2. The normalized spacial score (nSPS) is 15.7. The lowest BCUT2D eigenvalue weighted by atomic mass is 9.82. The lowest BCUT2D eigenvalue weighted by Gasteiger charge is -2.26. The van der Waals surface area contributed by atoms with Crippen molar-refractivity contribution in [1.82, 2.24) is 15.1 Å². The molecule has 0 saturated carbocycles. The van der Waals surface area contributed by atoms with Gasteiger partial charge >= 0.3 is 0 Å². The number of nitrogens with one attached hydrogen (secondary N) is 1. The molecule has 1 aromatic rings. The Bertz CT molecular complexity index is 349. The second-order valence-electron chi connectivity index (χ2n) is 6.63. The molecule has 0 radical (unpaired) electrons. The van der Waals surface area contributed by atoms with E-state index in [1.54, 1.807) is 0 Å². The number of aromatic nitrogens is 2. The van der Waals surface area contributed by atoms with Crippen LogP contribution in [0.25, 0.3) is 0 Å². The Morgan fingerprint density at radius 1 is 1.39 bits per heavy atom. The number of rotatable bonds is 6. The molecule has 0 spiro atoms. The van der Waals surface area contributed by atoms with Gasteiger partial charge in [0.05, 0.1) is 11.7 Å². The van der Waals surface area contributed by atoms with E-state index in [9.17, 15) is 0 Å². The summed E-state index contributed by atoms with van der Waals surface area (Å²) in [6, 6.07) is 2.51. The van der Waals surface area contributed by atoms with Crippen LogP contribution < -0.4 is 5.32 Å². The Labute approximate surface area is 112 Å². The highest BCUT2D eigenvalue weighted by Gasteiger charge is 2.20. The number of nitrogens with zero attached hydrogens (tertiary/aromatic N) is 2. The fraction of sp³-hybridized carbons (Fsp3) is 0.800. The Kier molecular flexibility index (Phi) is 5.39. The second kappa shape index (κ2) is 6.37. The first-order chi connectivity index (χ1) is 8.31. The molecule has 3 heteroatoms. The Morgan fingerprint density at radius 2 is 2.06 bits per heavy atom. The van der Waals surface area contributed by atoms with Crippen LogP contribution in [0.4, 0.5) is 0 Å². The third kappa shape index (κ3) is 5.21. The zero-order valence-electron chi connectivity index (χ0n) is 12.8. The predicted octanol–water partition coefficient (Wildman–Crippen LogP) is 3.53. The summed E-state index contributed by atoms with van der Waals surface area (Å²) in [6.45, 7) is 12.4. The summed E-state index contributed by atoms with van der Waals surface area (Å²) in [7, 11) is 1.98. The molecule has 1 rings (SSSR count). The van der Waals surface area contributed by atoms with Crippen molar-refractivity contribution in [2.45, 2.75) is 53.5 Å². The van der Waals surface area contributed by atoms with Gasteiger partial charge in [0.15, 0.2) is 0 Å². The van der Waals surface area contributed by atoms with Crippen LogP contribution in [0.2, 0.25) is 0 Å². The number of hydrogen-bond donors (Lipinski definition) is 1. The summed E-state index contributed by atoms with van der Waals surface area (Å²) < 4.78 is 1.88. The lowest BCUT2D eigenvalue weighted by molar-refractivity contribution is 0.275. The van der Waals surface area contributed by atoms with E-state index in [4.69, 9.17) is 0 Å². The van der Waals surface area contributed by atoms with Crippen molar-refractivity contribution in [2.24, 2.45) is 18.4 Å². The van der Waals surface area contributed by atoms with Crippen LogP contribution in [0.1, 0.15) is 59.2 Å². The molecule has 2 unspecified atom stereocenters. The van der Waals surface area contributed by atoms with Crippen LogP contribution in [0.5, 0.6) is 0 Å². The van der Waals surface area contributed by atoms with Gasteiger partial charge in [-0.3, -0.25) is 4.68 Å². The van der Waals surface area contributed by atoms with Crippen LogP contribution in [0.3, 0.4) is 0 Å². The monoisotopic (exact) mass is 251 g/mol. The molecule has 1 heterocycles. The standard InChI is InChI=1S/C15H29N3/c1-7-16-14(13-8-9-18(6)17-13)10-12(2)11-15(3,4)5/h8-9,12,14,16H,7,10-11H2,1-6H3. The van der Waals surface area contributed by atoms with Gasteiger partial charge in [-0.05, 0) is 36.8 Å². The molecule has 0 amide bonds. The topological polar surface area (TPSA) is 29.9 Å². The fourth-order valence-corrected chi connectivity index (χ4v) is 2.71. The van der Waals surface area contributed by atoms with Crippen molar-refractivity contribution in [3.05, 3.63) is 18.0 Å². The summed E-state index contributed by atoms with van der Waals surface area (Å²) in [5.74, 6) is 0.705. The minimum Gasteiger partial charge on any atom is -0.309 e. The van der Waals surface area contributed by atoms with Crippen molar-refractivity contribution >= 4 is 0 Å². The third-order valence-electron chi connectivity index (χ3n) is 3.14. The molecule has 0 fully saturated rings. The van der Waals surface area contributed by atoms with Gasteiger partial charge in [0.2, 0.25) is 0 Å². The second-order valence-corrected chi connectivity index (χ2v) is 6.63. The molecule has 0 aliphatic carbocycles. The average Bonchev–Trinajstić information content (AvgIpc) is 2.61. The Morgan fingerprint density at radius 3 is 2.50 bits per heavy atom. The van der Waals surface area contributed by atoms with Crippen molar-refractivity contribution < 1.29 is 0 Å². The fourth-order valence-electron chi connectivity index (χ4n) is 2.71. The molecule has 1 N–H and O–H groups in total. The molecule has 1 aromatic heterocycles. The van der Waals surface area contributed by atoms with Gasteiger partial charge in [0.1, 0.15) is 0 Å². The maximum atomic E-state index is 4.53. The summed E-state index contributed by atoms with van der Waals surface area (Å²) in [5, 5.41) is 8.09. The highest BCUT2D eigenvalue weighted by molar-refractivity contribution is 5.05. The molecule has 0 saturated heterocycles. The molecule has 18 heavy (non-hydrogen) atoms. The van der Waals surface area contributed by atoms with Gasteiger partial charge < -0.3 is 5.32 Å². The first kappa shape index (κ1) is 15.2. The number of aryl methyl sites for hydroxylation is 1. The van der Waals surface area contributed by atoms with E-state index in [0.29, 0.717) is 17.4 Å². The highest BCUT2D eigenvalue weighted by Crippen LogP contribution is 2.29. The van der Waals surface area contributed by atoms with Crippen LogP contribution in [-0.4, -0.2) is 16.3 Å². The van der Waals surface area contributed by atoms with Crippen molar-refractivity contribution in [1.29, 1.82) is 0 Å². The van der Waals surface area contributed by atoms with Gasteiger partial charge in [0.25, 0.3) is 0 Å². The summed E-state index contributed by atoms with van der Waals surface area (Å²) >= 11 is 0. The van der Waals surface area contributed by atoms with Gasteiger partial charge in [-0.1, -0.05) is 34.6 Å². The van der Waals surface area contributed by atoms with Gasteiger partial charge in [0, 0.05) is 13.2 Å². The highest BCUT2D eigenvalue weighted by atomic mass is 15.3. The van der Waals surface area contributed by atoms with Gasteiger partial charge in [-0.15, -0.1) is 0 Å². The van der Waals surface area contributed by atoms with E-state index in [1.165, 1.54) is 12.1 Å². The van der Waals surface area contributed by atoms with E-state index < -0.39 is 0 Å². The molecule has 3 nitrogen and oxygen atoms in total. The zero-order valence-corrected chi connectivity index (χ0v) is 12.8. The lowest BCUT2D eigenvalue weighted by Crippen LogP contribution is -2.25. The van der Waals surface area contributed by atoms with Crippen molar-refractivity contribution in [3.63, 3.8) is 0 Å². The predicted molar refractivity (Wildman–Crippen MR) is 77.5 cm³/mol. The van der Waals surface area contributed by atoms with Crippen LogP contribution in [0, 0.1) is 11.3 Å². The molecule has 104 valence electrons. The molecule has 0 bridgehead atoms. The summed E-state index contributed by atoms with van der Waals surface area (Å²) in [6.07, 6.45) is 4.43. The average molecular weight is 251 g/mol. The quantitative estimate of drug-likeness (QED) is 0.838. The van der Waals surface area contributed by atoms with Crippen molar-refractivity contribution in [2.75, 3.05) is 6.54 Å². The van der Waals surface area contributed by atoms with Gasteiger partial charge in [-0.25, -0.2) is 0 Å². The third-order valence-corrected chi connectivity index (χ3v) is 3.14. The molecule has 2 atom stereocenters. The molecular formula is C15H29N3. The first-order valence-corrected chi connectivity index (χ1v) is 7.04. The van der Waals surface area contributed by atoms with Crippen molar-refractivity contribution in [3.8, 4) is 0 Å². The largest absolute Gasteiger partial charge is 0.309 e. The van der Waals surface area contributed by atoms with E-state index >= 15 is 0 Å². The molecule has 0 aliphatic rings. The van der Waals surface area contributed by atoms with E-state index in [2.05, 4.69) is 51.1 Å². The van der Waals surface area contributed by atoms with Crippen LogP contribution in [0.15, 0.2) is 12.3 Å². The first-order valence-electron chi connectivity index (χ1n) is 7.04.